The molecule has 226 valence electrons. The van der Waals surface area contributed by atoms with E-state index in [1.807, 2.05) is 0 Å². The summed E-state index contributed by atoms with van der Waals surface area (Å²) in [6, 6.07) is 39.8. The third-order valence-corrected chi connectivity index (χ3v) is 10.1. The first kappa shape index (κ1) is 28.6. The van der Waals surface area contributed by atoms with E-state index in [9.17, 15) is 0 Å². The molecule has 0 atom stereocenters. The molecule has 46 heavy (non-hydrogen) atoms. The summed E-state index contributed by atoms with van der Waals surface area (Å²) in [7, 11) is 0. The SMILES string of the molecule is Cc1cc(C)cc(-c2ccc3c(c2)C(C)(C)c2cc(-c4cc(C)cc(C)c4)cc4c5cc(-c6cc(C)cc(C)c6)ccc5n-3c24)c1. The molecule has 2 heterocycles. The predicted molar refractivity (Wildman–Crippen MR) is 198 cm³/mol. The second kappa shape index (κ2) is 10.1. The van der Waals surface area contributed by atoms with Gasteiger partial charge in [0.1, 0.15) is 0 Å². The van der Waals surface area contributed by atoms with Crippen molar-refractivity contribution in [3.63, 3.8) is 0 Å². The average Bonchev–Trinajstić information content (AvgIpc) is 3.32. The molecule has 0 amide bonds. The van der Waals surface area contributed by atoms with Crippen LogP contribution in [-0.4, -0.2) is 4.57 Å². The molecule has 7 aromatic rings. The van der Waals surface area contributed by atoms with E-state index >= 15 is 0 Å². The van der Waals surface area contributed by atoms with Crippen molar-refractivity contribution in [3.8, 4) is 39.1 Å². The van der Waals surface area contributed by atoms with E-state index in [2.05, 4.69) is 163 Å². The zero-order valence-corrected chi connectivity index (χ0v) is 28.3. The molecule has 0 N–H and O–H groups in total. The Labute approximate surface area is 273 Å². The Morgan fingerprint density at radius 3 is 1.35 bits per heavy atom. The minimum absolute atomic E-state index is 0.196. The van der Waals surface area contributed by atoms with Crippen molar-refractivity contribution in [2.24, 2.45) is 0 Å². The molecular formula is C45H41N. The molecule has 0 saturated carbocycles. The first-order valence-corrected chi connectivity index (χ1v) is 16.5. The molecule has 6 aromatic carbocycles. The summed E-state index contributed by atoms with van der Waals surface area (Å²) in [6.07, 6.45) is 0. The Morgan fingerprint density at radius 1 is 0.391 bits per heavy atom. The van der Waals surface area contributed by atoms with Crippen molar-refractivity contribution >= 4 is 21.8 Å². The molecule has 0 fully saturated rings. The molecule has 0 bridgehead atoms. The van der Waals surface area contributed by atoms with Crippen LogP contribution in [0.5, 0.6) is 0 Å². The van der Waals surface area contributed by atoms with E-state index in [1.54, 1.807) is 0 Å². The van der Waals surface area contributed by atoms with Crippen LogP contribution in [0.4, 0.5) is 0 Å². The van der Waals surface area contributed by atoms with Crippen molar-refractivity contribution in [3.05, 3.63) is 148 Å². The van der Waals surface area contributed by atoms with E-state index in [0.29, 0.717) is 0 Å². The molecule has 0 saturated heterocycles. The second-order valence-electron chi connectivity index (χ2n) is 14.5. The quantitative estimate of drug-likeness (QED) is 0.191. The van der Waals surface area contributed by atoms with Crippen LogP contribution in [0.1, 0.15) is 58.4 Å². The first-order valence-electron chi connectivity index (χ1n) is 16.5. The van der Waals surface area contributed by atoms with Crippen LogP contribution in [0.15, 0.2) is 103 Å². The van der Waals surface area contributed by atoms with E-state index in [-0.39, 0.29) is 5.41 Å². The van der Waals surface area contributed by atoms with Gasteiger partial charge >= 0.3 is 0 Å². The van der Waals surface area contributed by atoms with E-state index in [0.717, 1.165) is 0 Å². The van der Waals surface area contributed by atoms with Gasteiger partial charge in [-0.1, -0.05) is 114 Å². The Balaban J connectivity index is 1.46. The predicted octanol–water partition coefficient (Wildman–Crippen LogP) is 12.3. The van der Waals surface area contributed by atoms with Gasteiger partial charge in [0.2, 0.25) is 0 Å². The maximum atomic E-state index is 2.54. The molecular weight excluding hydrogens is 555 g/mol. The smallest absolute Gasteiger partial charge is 0.0582 e. The highest BCUT2D eigenvalue weighted by Gasteiger charge is 2.36. The van der Waals surface area contributed by atoms with Gasteiger partial charge in [0.15, 0.2) is 0 Å². The van der Waals surface area contributed by atoms with Crippen molar-refractivity contribution in [2.75, 3.05) is 0 Å². The summed E-state index contributed by atoms with van der Waals surface area (Å²) in [5.41, 5.74) is 21.9. The summed E-state index contributed by atoms with van der Waals surface area (Å²) in [5, 5.41) is 2.63. The Bertz CT molecular complexity index is 2330. The molecule has 0 radical (unpaired) electrons. The zero-order chi connectivity index (χ0) is 32.1. The summed E-state index contributed by atoms with van der Waals surface area (Å²) in [4.78, 5) is 0. The van der Waals surface area contributed by atoms with Gasteiger partial charge < -0.3 is 4.57 Å². The molecule has 0 aliphatic carbocycles. The van der Waals surface area contributed by atoms with Gasteiger partial charge in [0.05, 0.1) is 16.7 Å². The van der Waals surface area contributed by atoms with Crippen LogP contribution in [0.2, 0.25) is 0 Å². The number of rotatable bonds is 3. The lowest BCUT2D eigenvalue weighted by molar-refractivity contribution is 0.630. The van der Waals surface area contributed by atoms with Gasteiger partial charge in [-0.05, 0) is 122 Å². The normalized spacial score (nSPS) is 13.4. The van der Waals surface area contributed by atoms with Crippen LogP contribution in [0.25, 0.3) is 60.9 Å². The van der Waals surface area contributed by atoms with Crippen LogP contribution in [0.3, 0.4) is 0 Å². The number of benzene rings is 6. The van der Waals surface area contributed by atoms with Gasteiger partial charge in [0.25, 0.3) is 0 Å². The summed E-state index contributed by atoms with van der Waals surface area (Å²) in [5.74, 6) is 0. The van der Waals surface area contributed by atoms with Gasteiger partial charge in [0, 0.05) is 16.2 Å². The molecule has 1 heteroatoms. The maximum absolute atomic E-state index is 2.54. The Hall–Kier alpha value is -4.88. The van der Waals surface area contributed by atoms with E-state index < -0.39 is 0 Å². The standard InChI is InChI=1S/C45H41N/c1-26-13-27(2)17-34(16-26)32-9-11-42-38(22-32)39-23-37(36-20-30(5)15-31(6)21-36)25-41-44(39)46(42)43-12-10-33(24-40(43)45(41,7)8)35-18-28(3)14-29(4)19-35/h9-25H,1-8H3. The fourth-order valence-corrected chi connectivity index (χ4v) is 8.20. The maximum Gasteiger partial charge on any atom is 0.0582 e. The molecule has 1 aliphatic rings. The highest BCUT2D eigenvalue weighted by atomic mass is 15.0. The fourth-order valence-electron chi connectivity index (χ4n) is 8.20. The molecule has 8 rings (SSSR count). The van der Waals surface area contributed by atoms with Crippen LogP contribution >= 0.6 is 0 Å². The summed E-state index contributed by atoms with van der Waals surface area (Å²) < 4.78 is 2.54. The number of aryl methyl sites for hydroxylation is 6. The summed E-state index contributed by atoms with van der Waals surface area (Å²) >= 11 is 0. The van der Waals surface area contributed by atoms with Crippen molar-refractivity contribution in [1.29, 1.82) is 0 Å². The molecule has 0 spiro atoms. The summed E-state index contributed by atoms with van der Waals surface area (Å²) in [6.45, 7) is 18.0. The first-order chi connectivity index (χ1) is 22.0. The van der Waals surface area contributed by atoms with Gasteiger partial charge in [-0.15, -0.1) is 0 Å². The Kier molecular flexibility index (Phi) is 6.25. The average molecular weight is 596 g/mol. The number of fused-ring (bicyclic) bond motifs is 5. The second-order valence-corrected chi connectivity index (χ2v) is 14.5. The molecule has 1 nitrogen and oxygen atoms in total. The largest absolute Gasteiger partial charge is 0.309 e. The molecule has 0 unspecified atom stereocenters. The van der Waals surface area contributed by atoms with Crippen LogP contribution in [0, 0.1) is 41.5 Å². The molecule has 1 aromatic heterocycles. The fraction of sp³-hybridized carbons (Fsp3) is 0.200. The number of aromatic nitrogens is 1. The lowest BCUT2D eigenvalue weighted by atomic mass is 9.73. The van der Waals surface area contributed by atoms with Gasteiger partial charge in [-0.3, -0.25) is 0 Å². The minimum atomic E-state index is -0.196. The van der Waals surface area contributed by atoms with Gasteiger partial charge in [-0.25, -0.2) is 0 Å². The van der Waals surface area contributed by atoms with Crippen molar-refractivity contribution < 1.29 is 0 Å². The van der Waals surface area contributed by atoms with Gasteiger partial charge in [-0.2, -0.15) is 0 Å². The highest BCUT2D eigenvalue weighted by molar-refractivity contribution is 6.14. The third-order valence-electron chi connectivity index (χ3n) is 10.1. The number of hydrogen-bond acceptors (Lipinski definition) is 0. The van der Waals surface area contributed by atoms with Crippen LogP contribution < -0.4 is 0 Å². The third kappa shape index (κ3) is 4.44. The monoisotopic (exact) mass is 595 g/mol. The van der Waals surface area contributed by atoms with Crippen molar-refractivity contribution in [1.82, 2.24) is 4.57 Å². The van der Waals surface area contributed by atoms with Crippen molar-refractivity contribution in [2.45, 2.75) is 60.8 Å². The minimum Gasteiger partial charge on any atom is -0.309 e. The highest BCUT2D eigenvalue weighted by Crippen LogP contribution is 2.50. The topological polar surface area (TPSA) is 4.93 Å². The Morgan fingerprint density at radius 2 is 0.804 bits per heavy atom. The number of nitrogens with zero attached hydrogens (tertiary/aromatic N) is 1. The van der Waals surface area contributed by atoms with Crippen LogP contribution in [-0.2, 0) is 5.41 Å². The zero-order valence-electron chi connectivity index (χ0n) is 28.3. The molecule has 1 aliphatic heterocycles. The lowest BCUT2D eigenvalue weighted by Crippen LogP contribution is -2.26. The van der Waals surface area contributed by atoms with E-state index in [4.69, 9.17) is 0 Å². The lowest BCUT2D eigenvalue weighted by Gasteiger charge is -2.35. The number of hydrogen-bond donors (Lipinski definition) is 0. The van der Waals surface area contributed by atoms with E-state index in [1.165, 1.54) is 105 Å².